The number of rotatable bonds is 22. The first-order valence-electron chi connectivity index (χ1n) is 47.6. The van der Waals surface area contributed by atoms with Crippen LogP contribution >= 0.6 is 11.6 Å². The highest BCUT2D eigenvalue weighted by atomic mass is 35.5. The molecule has 30 nitrogen and oxygen atoms in total. The van der Waals surface area contributed by atoms with Crippen LogP contribution in [0.3, 0.4) is 0 Å². The van der Waals surface area contributed by atoms with E-state index in [1.807, 2.05) is 196 Å². The van der Waals surface area contributed by atoms with E-state index in [1.54, 1.807) is 13.0 Å². The van der Waals surface area contributed by atoms with E-state index in [1.165, 1.54) is 22.8 Å². The zero-order chi connectivity index (χ0) is 101. The summed E-state index contributed by atoms with van der Waals surface area (Å²) in [5, 5.41) is 11.6. The summed E-state index contributed by atoms with van der Waals surface area (Å²) in [5.41, 5.74) is 23.7. The Morgan fingerprint density at radius 2 is 0.720 bits per heavy atom. The lowest BCUT2D eigenvalue weighted by Crippen LogP contribution is -2.42. The Balaban J connectivity index is 0.000000128. The van der Waals surface area contributed by atoms with E-state index in [0.717, 1.165) is 192 Å². The zero-order valence-corrected chi connectivity index (χ0v) is 82.8. The molecule has 0 aliphatic carbocycles. The van der Waals surface area contributed by atoms with E-state index < -0.39 is 51.1 Å². The highest BCUT2D eigenvalue weighted by molar-refractivity contribution is 6.31. The average Bonchev–Trinajstić information content (AvgIpc) is 0.781. The number of aliphatic hydroxyl groups excluding tert-OH is 1. The van der Waals surface area contributed by atoms with Crippen molar-refractivity contribution in [3.05, 3.63) is 398 Å². The molecule has 10 aromatic carbocycles. The van der Waals surface area contributed by atoms with Crippen LogP contribution in [0.2, 0.25) is 5.02 Å². The predicted molar refractivity (Wildman–Crippen MR) is 559 cm³/mol. The van der Waals surface area contributed by atoms with Gasteiger partial charge in [0, 0.05) is 37.7 Å². The summed E-state index contributed by atoms with van der Waals surface area (Å²) in [7, 11) is 0. The number of aliphatic hydroxyl groups is 1. The van der Waals surface area contributed by atoms with Crippen molar-refractivity contribution in [1.29, 1.82) is 0 Å². The minimum atomic E-state index is -0.685. The highest BCUT2D eigenvalue weighted by Crippen LogP contribution is 2.39. The molecule has 20 rings (SSSR count). The lowest BCUT2D eigenvalue weighted by atomic mass is 10.0. The average molecular weight is 1940 g/mol. The number of nitrogens with one attached hydrogen (secondary N) is 5. The van der Waals surface area contributed by atoms with Gasteiger partial charge in [-0.3, -0.25) is 43.9 Å². The number of fused-ring (bicyclic) bond motifs is 10. The molecule has 9 aliphatic heterocycles. The van der Waals surface area contributed by atoms with Gasteiger partial charge in [-0.2, -0.15) is 19.9 Å². The second kappa shape index (κ2) is 43.3. The number of nitrogens with zero attached hydrogens (tertiary/aromatic N) is 15. The number of anilines is 2. The summed E-state index contributed by atoms with van der Waals surface area (Å²) in [5.74, 6) is 1.56. The second-order valence-corrected chi connectivity index (χ2v) is 37.2. The third kappa shape index (κ3) is 22.8. The minimum Gasteiger partial charge on any atom is -0.388 e. The molecule has 10 heterocycles. The van der Waals surface area contributed by atoms with Gasteiger partial charge in [0.25, 0.3) is 27.8 Å². The quantitative estimate of drug-likeness (QED) is 0.0271. The van der Waals surface area contributed by atoms with E-state index in [0.29, 0.717) is 84.5 Å². The van der Waals surface area contributed by atoms with Crippen LogP contribution in [0.4, 0.5) is 21.6 Å². The smallest absolute Gasteiger partial charge is 0.349 e. The van der Waals surface area contributed by atoms with Crippen molar-refractivity contribution in [3.63, 3.8) is 0 Å². The van der Waals surface area contributed by atoms with Crippen LogP contribution in [0.15, 0.2) is 230 Å². The van der Waals surface area contributed by atoms with Gasteiger partial charge in [0.2, 0.25) is 0 Å². The van der Waals surface area contributed by atoms with Crippen LogP contribution in [0.1, 0.15) is 151 Å². The van der Waals surface area contributed by atoms with Gasteiger partial charge in [-0.05, 0) is 322 Å². The number of hydrogen-bond donors (Lipinski definition) is 6. The maximum atomic E-state index is 13.5. The third-order valence-electron chi connectivity index (χ3n) is 26.3. The van der Waals surface area contributed by atoms with Gasteiger partial charge < -0.3 is 33.3 Å². The molecule has 1 aromatic heterocycles. The number of halogens is 2. The SMILES string of the molecule is C=c1nc2c(c(=O)[nH]1)=Nc1cc(C)c(C)cc1N2CCC(O)c1ccccc1.Cc1cc2nc3c(=O)[nH]c(=O)nc-3n(CCCCCc3ccccc3)c2cc1C.Cc1cc2nc3c(=O)[nH]c(=O)nc-3n(CCCc3ccc(C)c(Cl)c3)c2cc1C.Cc1cc2nc3c(=O)[nH]c(=O)nc-3n(CCCc3ccc(F)c(C)c3)c2cc1C.Cc1cccc(CCCn2c3nc(=O)[nH]c(=O)c-3nc3cc(C)c(C)cc32)c1. The van der Waals surface area contributed by atoms with Crippen molar-refractivity contribution >= 4 is 79.5 Å². The fraction of sp³-hybridized carbons (Fsp3) is 0.270. The van der Waals surface area contributed by atoms with E-state index >= 15 is 0 Å². The van der Waals surface area contributed by atoms with Crippen molar-refractivity contribution in [3.8, 4) is 46.1 Å². The summed E-state index contributed by atoms with van der Waals surface area (Å²) in [6.07, 6.45) is 8.83. The first-order chi connectivity index (χ1) is 68.5. The van der Waals surface area contributed by atoms with E-state index in [-0.39, 0.29) is 45.3 Å². The molecule has 9 aliphatic rings. The molecule has 0 saturated carbocycles. The van der Waals surface area contributed by atoms with Crippen molar-refractivity contribution in [1.82, 2.24) is 88.0 Å². The third-order valence-corrected chi connectivity index (χ3v) is 26.7. The van der Waals surface area contributed by atoms with Crippen molar-refractivity contribution in [2.24, 2.45) is 4.99 Å². The van der Waals surface area contributed by atoms with Crippen molar-refractivity contribution in [2.75, 3.05) is 11.4 Å². The predicted octanol–water partition coefficient (Wildman–Crippen LogP) is 16.2. The first-order valence-corrected chi connectivity index (χ1v) is 48.0. The fourth-order valence-corrected chi connectivity index (χ4v) is 18.0. The molecule has 143 heavy (non-hydrogen) atoms. The van der Waals surface area contributed by atoms with E-state index in [4.69, 9.17) is 11.6 Å². The molecule has 32 heteroatoms. The molecule has 0 bridgehead atoms. The van der Waals surface area contributed by atoms with Crippen LogP contribution < -0.4 is 66.3 Å². The maximum Gasteiger partial charge on any atom is 0.349 e. The fourth-order valence-electron chi connectivity index (χ4n) is 17.8. The van der Waals surface area contributed by atoms with Gasteiger partial charge in [0.15, 0.2) is 57.2 Å². The Morgan fingerprint density at radius 1 is 0.343 bits per heavy atom. The number of benzene rings is 10. The molecule has 728 valence electrons. The van der Waals surface area contributed by atoms with Gasteiger partial charge in [-0.1, -0.05) is 139 Å². The largest absolute Gasteiger partial charge is 0.388 e. The summed E-state index contributed by atoms with van der Waals surface area (Å²) in [4.78, 5) is 166. The van der Waals surface area contributed by atoms with Crippen LogP contribution in [0.25, 0.3) is 96.8 Å². The van der Waals surface area contributed by atoms with E-state index in [9.17, 15) is 52.6 Å². The van der Waals surface area contributed by atoms with Crippen LogP contribution in [-0.4, -0.2) is 99.7 Å². The van der Waals surface area contributed by atoms with Gasteiger partial charge >= 0.3 is 22.8 Å². The van der Waals surface area contributed by atoms with Gasteiger partial charge in [-0.15, -0.1) is 0 Å². The molecule has 0 spiro atoms. The summed E-state index contributed by atoms with van der Waals surface area (Å²) >= 11 is 6.24. The lowest BCUT2D eigenvalue weighted by Gasteiger charge is -2.29. The number of aryl methyl sites for hydroxylation is 21. The zero-order valence-electron chi connectivity index (χ0n) is 82.0. The van der Waals surface area contributed by atoms with Crippen LogP contribution in [-0.2, 0) is 51.9 Å². The summed E-state index contributed by atoms with van der Waals surface area (Å²) < 4.78 is 21.2. The molecule has 1 unspecified atom stereocenters. The standard InChI is InChI=1S/C23H24N4O2.C22H21ClN4O2.C22H21FN4O2.2C22H22N4O2/c1-15-13-18-19(14-16(15)2)27(21-20(24-18)22(28)26-23(29)25-21)12-8-4-7-11-17-9-5-3-6-10-17;1-12-6-7-15(11-16(12)23)5-4-8-27-18-10-14(3)13(2)9-17(18)24-19-20(27)25-22(29)26-21(19)28;1-12-10-17-18(11-13(12)2)27(20-19(24-17)21(28)26-22(29)25-20)8-4-5-15-6-7-16(23)14(3)9-15;1-13-6-4-7-16(10-13)8-5-9-26-18-12-15(3)14(2)11-17(18)23-19-20(26)24-22(28)25-21(19)27;1-13-11-17-18(12-14(13)2)26(10-9-19(27)16-7-5-4-6-8-16)21-20(25-17)22(28)24-15(3)23-21/h3,5-6,9-10,13-14H,4,7-8,11-12H2,1-2H3,(H,26,28,29);2*6-7,9-11H,4-5,8H2,1-3H3,(H,26,28,29);4,6-7,10-12H,5,8-9H2,1-3H3,(H,25,27,28);4-8,11-12,19,27H,3,9-10H2,1-2H3,(H,24,28). The number of unbranched alkanes of at least 4 members (excludes halogenated alkanes) is 2. The monoisotopic (exact) mass is 1940 g/mol. The molecule has 0 fully saturated rings. The van der Waals surface area contributed by atoms with E-state index in [2.05, 4.69) is 161 Å². The van der Waals surface area contributed by atoms with Crippen molar-refractivity contribution in [2.45, 2.75) is 193 Å². The Hall–Kier alpha value is -16.2. The molecule has 0 amide bonds. The number of hydrogen-bond acceptors (Lipinski definition) is 21. The van der Waals surface area contributed by atoms with Gasteiger partial charge in [0.05, 0.1) is 61.6 Å². The molecular formula is C111H110ClFN20O10. The molecule has 11 aromatic rings. The Morgan fingerprint density at radius 3 is 1.15 bits per heavy atom. The number of H-pyrrole nitrogens is 5. The first kappa shape index (κ1) is 99.8. The highest BCUT2D eigenvalue weighted by Gasteiger charge is 2.28. The normalized spacial score (nSPS) is 11.8. The molecule has 6 N–H and O–H groups in total. The van der Waals surface area contributed by atoms with Crippen molar-refractivity contribution < 1.29 is 9.50 Å². The molecule has 0 radical (unpaired) electrons. The topological polar surface area (TPSA) is 404 Å². The summed E-state index contributed by atoms with van der Waals surface area (Å²) in [6.45, 7) is 32.8. The van der Waals surface area contributed by atoms with Gasteiger partial charge in [-0.25, -0.2) is 53.5 Å². The molecule has 1 atom stereocenters. The minimum absolute atomic E-state index is 0.151. The molecular weight excluding hydrogens is 1830 g/mol. The second-order valence-electron chi connectivity index (χ2n) is 36.8. The molecule has 0 saturated heterocycles. The Labute approximate surface area is 825 Å². The summed E-state index contributed by atoms with van der Waals surface area (Å²) in [6, 6.07) is 59.7. The number of aromatic amines is 5. The van der Waals surface area contributed by atoms with Crippen LogP contribution in [0, 0.1) is 95.8 Å². The lowest BCUT2D eigenvalue weighted by molar-refractivity contribution is 0.170. The van der Waals surface area contributed by atoms with Gasteiger partial charge in [0.1, 0.15) is 11.3 Å². The Kier molecular flexibility index (Phi) is 30.2. The Bertz CT molecular complexity index is 8480. The van der Waals surface area contributed by atoms with Crippen LogP contribution in [0.5, 0.6) is 0 Å². The maximum absolute atomic E-state index is 13.5. The number of aromatic nitrogens is 18.